The first-order chi connectivity index (χ1) is 16.0. The maximum atomic E-state index is 12.7. The number of amides is 1. The number of carbonyl (C=O) groups excluding carboxylic acids is 1. The zero-order valence-electron chi connectivity index (χ0n) is 19.0. The van der Waals surface area contributed by atoms with Gasteiger partial charge in [0.05, 0.1) is 20.3 Å². The molecule has 1 N–H and O–H groups in total. The summed E-state index contributed by atoms with van der Waals surface area (Å²) in [7, 11) is 3.15. The molecule has 2 heterocycles. The van der Waals surface area contributed by atoms with E-state index in [0.717, 1.165) is 11.1 Å². The van der Waals surface area contributed by atoms with Gasteiger partial charge in [-0.1, -0.05) is 35.0 Å². The molecule has 0 aliphatic rings. The van der Waals surface area contributed by atoms with Gasteiger partial charge in [-0.15, -0.1) is 0 Å². The smallest absolute Gasteiger partial charge is 0.274 e. The summed E-state index contributed by atoms with van der Waals surface area (Å²) in [5.74, 6) is 1.81. The van der Waals surface area contributed by atoms with Crippen molar-refractivity contribution in [1.82, 2.24) is 20.0 Å². The molecule has 0 saturated heterocycles. The van der Waals surface area contributed by atoms with E-state index < -0.39 is 0 Å². The summed E-state index contributed by atoms with van der Waals surface area (Å²) in [4.78, 5) is 17.2. The summed E-state index contributed by atoms with van der Waals surface area (Å²) in [5, 5.41) is 7.13. The van der Waals surface area contributed by atoms with E-state index in [1.54, 1.807) is 30.9 Å². The van der Waals surface area contributed by atoms with Gasteiger partial charge in [0, 0.05) is 11.8 Å². The Hall–Kier alpha value is -4.07. The lowest BCUT2D eigenvalue weighted by Crippen LogP contribution is -2.30. The van der Waals surface area contributed by atoms with Crippen LogP contribution in [0.25, 0.3) is 23.0 Å². The van der Waals surface area contributed by atoms with Crippen molar-refractivity contribution < 1.29 is 18.8 Å². The molecule has 0 aliphatic heterocycles. The number of benzene rings is 2. The summed E-state index contributed by atoms with van der Waals surface area (Å²) < 4.78 is 17.9. The van der Waals surface area contributed by atoms with Crippen LogP contribution in [-0.2, 0) is 11.3 Å². The number of hydrogen-bond donors (Lipinski definition) is 1. The van der Waals surface area contributed by atoms with Gasteiger partial charge in [0.25, 0.3) is 5.89 Å². The van der Waals surface area contributed by atoms with Crippen LogP contribution < -0.4 is 14.8 Å². The summed E-state index contributed by atoms with van der Waals surface area (Å²) in [6.45, 7) is 4.13. The van der Waals surface area contributed by atoms with Crippen molar-refractivity contribution in [3.05, 3.63) is 71.9 Å². The zero-order valence-corrected chi connectivity index (χ0v) is 19.0. The SMILES string of the molecule is COc1ccc(-c2noc(-c3cccn3CC(=O)N[C@H](C)c3ccc(C)cc3)n2)cc1OC. The summed E-state index contributed by atoms with van der Waals surface area (Å²) in [6.07, 6.45) is 1.81. The first kappa shape index (κ1) is 22.1. The minimum Gasteiger partial charge on any atom is -0.493 e. The van der Waals surface area contributed by atoms with E-state index in [1.807, 2.05) is 62.5 Å². The van der Waals surface area contributed by atoms with Gasteiger partial charge in [0.2, 0.25) is 11.7 Å². The molecular weight excluding hydrogens is 420 g/mol. The Morgan fingerprint density at radius 1 is 1.09 bits per heavy atom. The van der Waals surface area contributed by atoms with Gasteiger partial charge in [-0.2, -0.15) is 4.98 Å². The van der Waals surface area contributed by atoms with E-state index in [2.05, 4.69) is 15.5 Å². The molecule has 8 heteroatoms. The third-order valence-corrected chi connectivity index (χ3v) is 5.39. The monoisotopic (exact) mass is 446 g/mol. The first-order valence-electron chi connectivity index (χ1n) is 10.6. The van der Waals surface area contributed by atoms with E-state index in [0.29, 0.717) is 28.9 Å². The Labute approximate surface area is 192 Å². The van der Waals surface area contributed by atoms with Crippen LogP contribution in [-0.4, -0.2) is 34.8 Å². The molecule has 1 amide bonds. The molecule has 0 saturated carbocycles. The Bertz CT molecular complexity index is 1240. The van der Waals surface area contributed by atoms with Crippen LogP contribution in [0, 0.1) is 6.92 Å². The number of rotatable bonds is 8. The normalized spacial score (nSPS) is 11.8. The fourth-order valence-corrected chi connectivity index (χ4v) is 3.55. The lowest BCUT2D eigenvalue weighted by atomic mass is 10.1. The number of methoxy groups -OCH3 is 2. The van der Waals surface area contributed by atoms with Gasteiger partial charge in [0.1, 0.15) is 12.2 Å². The zero-order chi connectivity index (χ0) is 23.4. The summed E-state index contributed by atoms with van der Waals surface area (Å²) >= 11 is 0. The van der Waals surface area contributed by atoms with E-state index in [-0.39, 0.29) is 18.5 Å². The van der Waals surface area contributed by atoms with Crippen molar-refractivity contribution in [3.63, 3.8) is 0 Å². The van der Waals surface area contributed by atoms with Gasteiger partial charge in [-0.3, -0.25) is 4.79 Å². The van der Waals surface area contributed by atoms with Crippen molar-refractivity contribution in [2.24, 2.45) is 0 Å². The second-order valence-electron chi connectivity index (χ2n) is 7.71. The lowest BCUT2D eigenvalue weighted by molar-refractivity contribution is -0.122. The molecule has 4 aromatic rings. The van der Waals surface area contributed by atoms with Crippen LogP contribution in [0.4, 0.5) is 0 Å². The lowest BCUT2D eigenvalue weighted by Gasteiger charge is -2.15. The largest absolute Gasteiger partial charge is 0.493 e. The minimum absolute atomic E-state index is 0.0998. The van der Waals surface area contributed by atoms with Crippen LogP contribution in [0.3, 0.4) is 0 Å². The van der Waals surface area contributed by atoms with Crippen molar-refractivity contribution in [2.45, 2.75) is 26.4 Å². The average Bonchev–Trinajstić information content (AvgIpc) is 3.48. The Balaban J connectivity index is 1.48. The molecule has 1 atom stereocenters. The Morgan fingerprint density at radius 3 is 2.58 bits per heavy atom. The Kier molecular flexibility index (Phi) is 6.44. The van der Waals surface area contributed by atoms with E-state index in [9.17, 15) is 4.79 Å². The Morgan fingerprint density at radius 2 is 1.85 bits per heavy atom. The van der Waals surface area contributed by atoms with Gasteiger partial charge in [-0.25, -0.2) is 0 Å². The first-order valence-corrected chi connectivity index (χ1v) is 10.6. The van der Waals surface area contributed by atoms with Crippen LogP contribution in [0.2, 0.25) is 0 Å². The average molecular weight is 447 g/mol. The predicted molar refractivity (Wildman–Crippen MR) is 124 cm³/mol. The van der Waals surface area contributed by atoms with E-state index >= 15 is 0 Å². The highest BCUT2D eigenvalue weighted by Gasteiger charge is 2.17. The molecule has 33 heavy (non-hydrogen) atoms. The molecule has 2 aromatic heterocycles. The maximum Gasteiger partial charge on any atom is 0.274 e. The summed E-state index contributed by atoms with van der Waals surface area (Å²) in [6, 6.07) is 17.1. The van der Waals surface area contributed by atoms with Crippen molar-refractivity contribution in [3.8, 4) is 34.5 Å². The van der Waals surface area contributed by atoms with Gasteiger partial charge in [0.15, 0.2) is 11.5 Å². The highest BCUT2D eigenvalue weighted by molar-refractivity contribution is 5.77. The van der Waals surface area contributed by atoms with E-state index in [4.69, 9.17) is 14.0 Å². The second kappa shape index (κ2) is 9.60. The third kappa shape index (κ3) is 4.90. The molecule has 0 bridgehead atoms. The number of carbonyl (C=O) groups is 1. The molecular formula is C25H26N4O4. The van der Waals surface area contributed by atoms with Crippen LogP contribution in [0.1, 0.15) is 24.1 Å². The minimum atomic E-state index is -0.111. The predicted octanol–water partition coefficient (Wildman–Crippen LogP) is 4.41. The number of nitrogens with zero attached hydrogens (tertiary/aromatic N) is 3. The molecule has 8 nitrogen and oxygen atoms in total. The highest BCUT2D eigenvalue weighted by atomic mass is 16.5. The molecule has 4 rings (SSSR count). The number of ether oxygens (including phenoxy) is 2. The van der Waals surface area contributed by atoms with Crippen molar-refractivity contribution in [2.75, 3.05) is 14.2 Å². The third-order valence-electron chi connectivity index (χ3n) is 5.39. The number of aryl methyl sites for hydroxylation is 1. The van der Waals surface area contributed by atoms with Crippen molar-refractivity contribution >= 4 is 5.91 Å². The highest BCUT2D eigenvalue weighted by Crippen LogP contribution is 2.32. The molecule has 0 fully saturated rings. The molecule has 0 spiro atoms. The van der Waals surface area contributed by atoms with Gasteiger partial charge < -0.3 is 23.9 Å². The molecule has 0 aliphatic carbocycles. The molecule has 0 radical (unpaired) electrons. The van der Waals surface area contributed by atoms with Crippen LogP contribution >= 0.6 is 0 Å². The van der Waals surface area contributed by atoms with Gasteiger partial charge >= 0.3 is 0 Å². The number of hydrogen-bond acceptors (Lipinski definition) is 6. The van der Waals surface area contributed by atoms with E-state index in [1.165, 1.54) is 5.56 Å². The second-order valence-corrected chi connectivity index (χ2v) is 7.71. The molecule has 0 unspecified atom stereocenters. The van der Waals surface area contributed by atoms with Crippen molar-refractivity contribution in [1.29, 1.82) is 0 Å². The van der Waals surface area contributed by atoms with Crippen LogP contribution in [0.15, 0.2) is 65.3 Å². The number of nitrogens with one attached hydrogen (secondary N) is 1. The maximum absolute atomic E-state index is 12.7. The van der Waals surface area contributed by atoms with Crippen LogP contribution in [0.5, 0.6) is 11.5 Å². The summed E-state index contributed by atoms with van der Waals surface area (Å²) in [5.41, 5.74) is 3.62. The molecule has 2 aromatic carbocycles. The standard InChI is InChI=1S/C25H26N4O4/c1-16-7-9-18(10-8-16)17(2)26-23(30)15-29-13-5-6-20(29)25-27-24(28-33-25)19-11-12-21(31-3)22(14-19)32-4/h5-14,17H,15H2,1-4H3,(H,26,30)/t17-/m1/s1. The topological polar surface area (TPSA) is 91.4 Å². The fraction of sp³-hybridized carbons (Fsp3) is 0.240. The quantitative estimate of drug-likeness (QED) is 0.431. The number of aromatic nitrogens is 3. The fourth-order valence-electron chi connectivity index (χ4n) is 3.55. The van der Waals surface area contributed by atoms with Gasteiger partial charge in [-0.05, 0) is 49.7 Å². The molecule has 170 valence electrons.